The summed E-state index contributed by atoms with van der Waals surface area (Å²) in [7, 11) is 0. The fraction of sp³-hybridized carbons (Fsp3) is 0. The molecule has 3 rings (SSSR count). The lowest BCUT2D eigenvalue weighted by Gasteiger charge is -2.06. The molecule has 1 heterocycles. The first-order valence-electron chi connectivity index (χ1n) is 5.52. The van der Waals surface area contributed by atoms with Crippen LogP contribution in [0.2, 0.25) is 5.15 Å². The van der Waals surface area contributed by atoms with Gasteiger partial charge in [-0.2, -0.15) is 0 Å². The van der Waals surface area contributed by atoms with Crippen molar-refractivity contribution in [3.63, 3.8) is 0 Å². The second-order valence-electron chi connectivity index (χ2n) is 3.96. The molecule has 3 aromatic rings. The van der Waals surface area contributed by atoms with Gasteiger partial charge in [0.1, 0.15) is 5.15 Å². The fourth-order valence-electron chi connectivity index (χ4n) is 2.02. The minimum atomic E-state index is 0. The molecule has 0 unspecified atom stereocenters. The number of hydrogen-bond acceptors (Lipinski definition) is 3. The van der Waals surface area contributed by atoms with Crippen molar-refractivity contribution < 1.29 is 1.43 Å². The Kier molecular flexibility index (Phi) is 2.61. The number of nitrogen functional groups attached to an aromatic ring is 1. The molecule has 0 radical (unpaired) electrons. The average Bonchev–Trinajstić information content (AvgIpc) is 2.37. The second-order valence-corrected chi connectivity index (χ2v) is 4.35. The van der Waals surface area contributed by atoms with Crippen molar-refractivity contribution in [3.05, 3.63) is 53.7 Å². The highest BCUT2D eigenvalue weighted by Gasteiger charge is 2.07. The predicted octanol–water partition coefficient (Wildman–Crippen LogP) is 3.64. The van der Waals surface area contributed by atoms with Crippen molar-refractivity contribution in [3.8, 4) is 11.3 Å². The van der Waals surface area contributed by atoms with Gasteiger partial charge in [-0.1, -0.05) is 54.1 Å². The van der Waals surface area contributed by atoms with Crippen LogP contribution in [0.5, 0.6) is 0 Å². The number of nitrogens with two attached hydrogens (primary N) is 1. The number of benzene rings is 2. The maximum atomic E-state index is 5.92. The lowest BCUT2D eigenvalue weighted by molar-refractivity contribution is 1.19. The van der Waals surface area contributed by atoms with Crippen LogP contribution in [0.15, 0.2) is 48.5 Å². The Bertz CT molecular complexity index is 705. The normalized spacial score (nSPS) is 10.7. The van der Waals surface area contributed by atoms with Gasteiger partial charge in [0, 0.05) is 11.6 Å². The van der Waals surface area contributed by atoms with Crippen LogP contribution in [-0.2, 0) is 0 Å². The van der Waals surface area contributed by atoms with Gasteiger partial charge in [-0.3, -0.25) is 0 Å². The SMILES string of the molecule is Nc1nc(Cl)cc(-c2cccc3ccccc23)n1.[H+]. The Morgan fingerprint density at radius 3 is 2.61 bits per heavy atom. The Morgan fingerprint density at radius 2 is 1.78 bits per heavy atom. The topological polar surface area (TPSA) is 51.8 Å². The van der Waals surface area contributed by atoms with Crippen molar-refractivity contribution in [1.82, 2.24) is 9.97 Å². The summed E-state index contributed by atoms with van der Waals surface area (Å²) in [5.41, 5.74) is 7.38. The molecule has 0 saturated heterocycles. The van der Waals surface area contributed by atoms with Crippen LogP contribution in [-0.4, -0.2) is 9.97 Å². The Balaban J connectivity index is 0.00000133. The number of anilines is 1. The van der Waals surface area contributed by atoms with Gasteiger partial charge in [0.2, 0.25) is 5.95 Å². The van der Waals surface area contributed by atoms with E-state index in [1.165, 1.54) is 0 Å². The van der Waals surface area contributed by atoms with Crippen LogP contribution in [0.4, 0.5) is 5.95 Å². The van der Waals surface area contributed by atoms with Crippen molar-refractivity contribution in [2.75, 3.05) is 5.73 Å². The first kappa shape index (κ1) is 11.0. The van der Waals surface area contributed by atoms with Gasteiger partial charge in [0.15, 0.2) is 0 Å². The molecule has 0 bridgehead atoms. The lowest BCUT2D eigenvalue weighted by Crippen LogP contribution is -1.96. The summed E-state index contributed by atoms with van der Waals surface area (Å²) in [5, 5.41) is 2.63. The highest BCUT2D eigenvalue weighted by Crippen LogP contribution is 2.28. The second kappa shape index (κ2) is 4.27. The molecular weight excluding hydrogens is 246 g/mol. The molecule has 88 valence electrons. The summed E-state index contributed by atoms with van der Waals surface area (Å²) >= 11 is 5.92. The van der Waals surface area contributed by atoms with E-state index >= 15 is 0 Å². The zero-order chi connectivity index (χ0) is 12.5. The first-order chi connectivity index (χ1) is 8.74. The molecule has 4 heteroatoms. The monoisotopic (exact) mass is 256 g/mol. The van der Waals surface area contributed by atoms with Gasteiger partial charge in [-0.15, -0.1) is 0 Å². The van der Waals surface area contributed by atoms with E-state index in [2.05, 4.69) is 28.2 Å². The third-order valence-corrected chi connectivity index (χ3v) is 2.97. The molecular formula is C14H11ClN3+. The molecule has 0 aliphatic carbocycles. The van der Waals surface area contributed by atoms with Crippen LogP contribution < -0.4 is 5.73 Å². The Labute approximate surface area is 111 Å². The highest BCUT2D eigenvalue weighted by molar-refractivity contribution is 6.29. The zero-order valence-corrected chi connectivity index (χ0v) is 10.2. The van der Waals surface area contributed by atoms with E-state index in [4.69, 9.17) is 17.3 Å². The van der Waals surface area contributed by atoms with E-state index in [0.29, 0.717) is 5.15 Å². The van der Waals surface area contributed by atoms with Crippen LogP contribution >= 0.6 is 11.6 Å². The van der Waals surface area contributed by atoms with E-state index in [1.807, 2.05) is 24.3 Å². The van der Waals surface area contributed by atoms with Crippen LogP contribution in [0.3, 0.4) is 0 Å². The van der Waals surface area contributed by atoms with E-state index in [9.17, 15) is 0 Å². The van der Waals surface area contributed by atoms with Crippen molar-refractivity contribution in [2.45, 2.75) is 0 Å². The van der Waals surface area contributed by atoms with E-state index in [1.54, 1.807) is 6.07 Å². The number of hydrogen-bond donors (Lipinski definition) is 1. The van der Waals surface area contributed by atoms with Crippen molar-refractivity contribution in [1.29, 1.82) is 0 Å². The van der Waals surface area contributed by atoms with Crippen molar-refractivity contribution >= 4 is 28.3 Å². The van der Waals surface area contributed by atoms with E-state index in [-0.39, 0.29) is 7.37 Å². The number of rotatable bonds is 1. The molecule has 3 nitrogen and oxygen atoms in total. The minimum absolute atomic E-state index is 0. The number of fused-ring (bicyclic) bond motifs is 1. The average molecular weight is 257 g/mol. The fourth-order valence-corrected chi connectivity index (χ4v) is 2.21. The van der Waals surface area contributed by atoms with Crippen LogP contribution in [0.25, 0.3) is 22.0 Å². The summed E-state index contributed by atoms with van der Waals surface area (Å²) in [6, 6.07) is 15.9. The van der Waals surface area contributed by atoms with Crippen molar-refractivity contribution in [2.24, 2.45) is 0 Å². The third kappa shape index (κ3) is 1.89. The predicted molar refractivity (Wildman–Crippen MR) is 75.5 cm³/mol. The van der Waals surface area contributed by atoms with E-state index in [0.717, 1.165) is 22.0 Å². The van der Waals surface area contributed by atoms with Gasteiger partial charge in [0.25, 0.3) is 0 Å². The van der Waals surface area contributed by atoms with E-state index < -0.39 is 0 Å². The summed E-state index contributed by atoms with van der Waals surface area (Å²) in [6.07, 6.45) is 0. The number of nitrogens with zero attached hydrogens (tertiary/aromatic N) is 2. The minimum Gasteiger partial charge on any atom is -0.368 e. The number of halogens is 1. The zero-order valence-electron chi connectivity index (χ0n) is 10.5. The van der Waals surface area contributed by atoms with Gasteiger partial charge < -0.3 is 5.73 Å². The van der Waals surface area contributed by atoms with Crippen LogP contribution in [0.1, 0.15) is 1.43 Å². The van der Waals surface area contributed by atoms with Gasteiger partial charge in [-0.05, 0) is 10.8 Å². The quantitative estimate of drug-likeness (QED) is 0.676. The molecule has 18 heavy (non-hydrogen) atoms. The summed E-state index contributed by atoms with van der Waals surface area (Å²) in [5.74, 6) is 0.186. The summed E-state index contributed by atoms with van der Waals surface area (Å²) in [4.78, 5) is 8.11. The largest absolute Gasteiger partial charge is 1.00 e. The van der Waals surface area contributed by atoms with Gasteiger partial charge >= 0.3 is 1.43 Å². The first-order valence-corrected chi connectivity index (χ1v) is 5.90. The van der Waals surface area contributed by atoms with Gasteiger partial charge in [-0.25, -0.2) is 9.97 Å². The molecule has 0 amide bonds. The molecule has 2 N–H and O–H groups in total. The summed E-state index contributed by atoms with van der Waals surface area (Å²) in [6.45, 7) is 0. The van der Waals surface area contributed by atoms with Crippen LogP contribution in [0, 0.1) is 0 Å². The molecule has 0 aliphatic heterocycles. The lowest BCUT2D eigenvalue weighted by atomic mass is 10.0. The molecule has 0 atom stereocenters. The maximum absolute atomic E-state index is 5.92. The summed E-state index contributed by atoms with van der Waals surface area (Å²) < 4.78 is 0. The maximum Gasteiger partial charge on any atom is 1.00 e. The highest BCUT2D eigenvalue weighted by atomic mass is 35.5. The third-order valence-electron chi connectivity index (χ3n) is 2.78. The molecule has 2 aromatic carbocycles. The smallest absolute Gasteiger partial charge is 0.368 e. The number of aromatic nitrogens is 2. The molecule has 0 spiro atoms. The molecule has 0 fully saturated rings. The van der Waals surface area contributed by atoms with Gasteiger partial charge in [0.05, 0.1) is 5.69 Å². The molecule has 0 saturated carbocycles. The molecule has 0 aliphatic rings. The molecule has 1 aromatic heterocycles. The Hall–Kier alpha value is -2.13. The standard InChI is InChI=1S/C14H10ClN3/c15-13-8-12(17-14(16)18-13)11-7-3-5-9-4-1-2-6-10(9)11/h1-8H,(H2,16,17,18)/p+1. The Morgan fingerprint density at radius 1 is 1.00 bits per heavy atom.